The Hall–Kier alpha value is -1.63. The molecule has 0 bridgehead atoms. The van der Waals surface area contributed by atoms with Crippen LogP contribution in [0.4, 0.5) is 0 Å². The van der Waals surface area contributed by atoms with Gasteiger partial charge in [0.2, 0.25) is 0 Å². The first-order chi connectivity index (χ1) is 8.16. The summed E-state index contributed by atoms with van der Waals surface area (Å²) in [5.74, 6) is 0.562. The average molecular weight is 225 g/mol. The van der Waals surface area contributed by atoms with Crippen molar-refractivity contribution < 1.29 is 0 Å². The molecular weight excluding hydrogens is 206 g/mol. The molecule has 1 aliphatic heterocycles. The van der Waals surface area contributed by atoms with Crippen molar-refractivity contribution in [1.82, 2.24) is 0 Å². The van der Waals surface area contributed by atoms with Gasteiger partial charge in [0.05, 0.1) is 0 Å². The molecule has 1 aliphatic rings. The molecule has 0 radical (unpaired) electrons. The molecule has 1 unspecified atom stereocenters. The van der Waals surface area contributed by atoms with E-state index in [2.05, 4.69) is 62.2 Å². The van der Waals surface area contributed by atoms with Gasteiger partial charge >= 0.3 is 0 Å². The third-order valence-electron chi connectivity index (χ3n) is 3.13. The number of benzene rings is 1. The maximum Gasteiger partial charge on any atom is 0.0447 e. The average Bonchev–Trinajstić information content (AvgIpc) is 2.29. The van der Waals surface area contributed by atoms with Crippen LogP contribution in [0.3, 0.4) is 0 Å². The Morgan fingerprint density at radius 2 is 1.82 bits per heavy atom. The normalized spacial score (nSPS) is 28.3. The lowest BCUT2D eigenvalue weighted by atomic mass is 9.96. The summed E-state index contributed by atoms with van der Waals surface area (Å²) < 4.78 is 0. The van der Waals surface area contributed by atoms with Crippen molar-refractivity contribution >= 4 is 11.3 Å². The summed E-state index contributed by atoms with van der Waals surface area (Å²) in [5.41, 5.74) is 4.92. The van der Waals surface area contributed by atoms with Crippen LogP contribution < -0.4 is 0 Å². The Balaban J connectivity index is 2.38. The summed E-state index contributed by atoms with van der Waals surface area (Å²) in [6.07, 6.45) is 7.47. The second-order valence-corrected chi connectivity index (χ2v) is 4.75. The lowest BCUT2D eigenvalue weighted by Crippen LogP contribution is -2.00. The van der Waals surface area contributed by atoms with Gasteiger partial charge in [-0.3, -0.25) is 4.99 Å². The highest BCUT2D eigenvalue weighted by Gasteiger charge is 2.07. The van der Waals surface area contributed by atoms with Gasteiger partial charge in [0.1, 0.15) is 0 Å². The summed E-state index contributed by atoms with van der Waals surface area (Å²) in [6.45, 7) is 6.41. The first kappa shape index (κ1) is 11.8. The van der Waals surface area contributed by atoms with Crippen LogP contribution in [-0.2, 0) is 0 Å². The number of allylic oxidation sites excluding steroid dienone is 3. The summed E-state index contributed by atoms with van der Waals surface area (Å²) in [6, 6.07) is 8.66. The Kier molecular flexibility index (Phi) is 3.58. The molecule has 0 saturated carbocycles. The molecule has 1 nitrogen and oxygen atoms in total. The van der Waals surface area contributed by atoms with Crippen LogP contribution in [0.25, 0.3) is 5.57 Å². The molecule has 1 heteroatoms. The maximum atomic E-state index is 4.48. The van der Waals surface area contributed by atoms with Gasteiger partial charge in [-0.2, -0.15) is 0 Å². The molecule has 88 valence electrons. The molecule has 0 aliphatic carbocycles. The first-order valence-electron chi connectivity index (χ1n) is 6.15. The number of hydrogen-bond acceptors (Lipinski definition) is 1. The lowest BCUT2D eigenvalue weighted by Gasteiger charge is -2.12. The molecule has 0 aromatic heterocycles. The van der Waals surface area contributed by atoms with Gasteiger partial charge in [0, 0.05) is 11.9 Å². The van der Waals surface area contributed by atoms with Crippen LogP contribution >= 0.6 is 0 Å². The van der Waals surface area contributed by atoms with Crippen molar-refractivity contribution in [3.05, 3.63) is 53.7 Å². The van der Waals surface area contributed by atoms with E-state index in [1.165, 1.54) is 16.7 Å². The number of rotatable bonds is 1. The third kappa shape index (κ3) is 2.94. The van der Waals surface area contributed by atoms with Crippen LogP contribution in [0.1, 0.15) is 31.4 Å². The van der Waals surface area contributed by atoms with Crippen LogP contribution in [0, 0.1) is 12.8 Å². The van der Waals surface area contributed by atoms with E-state index in [4.69, 9.17) is 0 Å². The smallest absolute Gasteiger partial charge is 0.0447 e. The predicted molar refractivity (Wildman–Crippen MR) is 75.2 cm³/mol. The zero-order valence-electron chi connectivity index (χ0n) is 10.8. The monoisotopic (exact) mass is 225 g/mol. The molecule has 0 amide bonds. The second kappa shape index (κ2) is 5.13. The summed E-state index contributed by atoms with van der Waals surface area (Å²) in [7, 11) is 0. The SMILES string of the molecule is CC1=N\C=C/C(C)C\C=C\1c1ccc(C)cc1. The maximum absolute atomic E-state index is 4.48. The second-order valence-electron chi connectivity index (χ2n) is 4.75. The van der Waals surface area contributed by atoms with Gasteiger partial charge < -0.3 is 0 Å². The lowest BCUT2D eigenvalue weighted by molar-refractivity contribution is 0.743. The summed E-state index contributed by atoms with van der Waals surface area (Å²) in [5, 5.41) is 0. The van der Waals surface area contributed by atoms with Crippen molar-refractivity contribution in [3.63, 3.8) is 0 Å². The van der Waals surface area contributed by atoms with Crippen molar-refractivity contribution in [2.24, 2.45) is 10.9 Å². The quantitative estimate of drug-likeness (QED) is 0.672. The molecule has 0 spiro atoms. The van der Waals surface area contributed by atoms with E-state index in [0.29, 0.717) is 5.92 Å². The predicted octanol–water partition coefficient (Wildman–Crippen LogP) is 4.39. The molecule has 17 heavy (non-hydrogen) atoms. The van der Waals surface area contributed by atoms with Gasteiger partial charge in [-0.05, 0) is 37.3 Å². The summed E-state index contributed by atoms with van der Waals surface area (Å²) in [4.78, 5) is 4.48. The zero-order chi connectivity index (χ0) is 12.3. The fourth-order valence-corrected chi connectivity index (χ4v) is 1.96. The zero-order valence-corrected chi connectivity index (χ0v) is 10.8. The van der Waals surface area contributed by atoms with Crippen molar-refractivity contribution in [1.29, 1.82) is 0 Å². The van der Waals surface area contributed by atoms with Crippen molar-refractivity contribution in [3.8, 4) is 0 Å². The van der Waals surface area contributed by atoms with Crippen LogP contribution in [0.2, 0.25) is 0 Å². The molecule has 1 heterocycles. The van der Waals surface area contributed by atoms with Crippen LogP contribution in [0.5, 0.6) is 0 Å². The number of nitrogens with zero attached hydrogens (tertiary/aromatic N) is 1. The first-order valence-corrected chi connectivity index (χ1v) is 6.15. The highest BCUT2D eigenvalue weighted by Crippen LogP contribution is 2.21. The van der Waals surface area contributed by atoms with E-state index in [1.807, 2.05) is 6.20 Å². The topological polar surface area (TPSA) is 12.4 Å². The number of aryl methyl sites for hydroxylation is 1. The number of aliphatic imine (C=N–C) groups is 1. The molecule has 1 aromatic carbocycles. The highest BCUT2D eigenvalue weighted by atomic mass is 14.7. The van der Waals surface area contributed by atoms with E-state index in [1.54, 1.807) is 0 Å². The van der Waals surface area contributed by atoms with E-state index < -0.39 is 0 Å². The van der Waals surface area contributed by atoms with E-state index in [-0.39, 0.29) is 0 Å². The van der Waals surface area contributed by atoms with E-state index in [0.717, 1.165) is 12.1 Å². The Morgan fingerprint density at radius 1 is 1.12 bits per heavy atom. The third-order valence-corrected chi connectivity index (χ3v) is 3.13. The van der Waals surface area contributed by atoms with Gasteiger partial charge in [-0.1, -0.05) is 48.9 Å². The molecular formula is C16H19N. The molecule has 1 aromatic rings. The summed E-state index contributed by atoms with van der Waals surface area (Å²) >= 11 is 0. The molecule has 0 fully saturated rings. The Labute approximate surface area is 104 Å². The Morgan fingerprint density at radius 3 is 2.53 bits per heavy atom. The molecule has 0 N–H and O–H groups in total. The van der Waals surface area contributed by atoms with Crippen molar-refractivity contribution in [2.75, 3.05) is 0 Å². The Bertz CT molecular complexity index is 475. The largest absolute Gasteiger partial charge is 0.261 e. The minimum absolute atomic E-state index is 0.562. The minimum Gasteiger partial charge on any atom is -0.261 e. The van der Waals surface area contributed by atoms with Gasteiger partial charge in [0.15, 0.2) is 0 Å². The standard InChI is InChI=1S/C16H19N/c1-12-4-7-15(8-5-12)16-9-6-13(2)10-11-17-14(16)3/h4-5,7-11,13H,6H2,1-3H3/b11-10-,16-9-,17-14+. The number of hydrogen-bond donors (Lipinski definition) is 0. The van der Waals surface area contributed by atoms with Gasteiger partial charge in [-0.25, -0.2) is 0 Å². The van der Waals surface area contributed by atoms with Crippen LogP contribution in [-0.4, -0.2) is 5.71 Å². The minimum atomic E-state index is 0.562. The van der Waals surface area contributed by atoms with E-state index in [9.17, 15) is 0 Å². The highest BCUT2D eigenvalue weighted by molar-refractivity contribution is 6.22. The van der Waals surface area contributed by atoms with Crippen molar-refractivity contribution in [2.45, 2.75) is 27.2 Å². The molecule has 2 rings (SSSR count). The van der Waals surface area contributed by atoms with E-state index >= 15 is 0 Å². The van der Waals surface area contributed by atoms with Gasteiger partial charge in [0.25, 0.3) is 0 Å². The molecule has 0 saturated heterocycles. The molecule has 1 atom stereocenters. The van der Waals surface area contributed by atoms with Crippen LogP contribution in [0.15, 0.2) is 47.6 Å². The fraction of sp³-hybridized carbons (Fsp3) is 0.312. The van der Waals surface area contributed by atoms with Gasteiger partial charge in [-0.15, -0.1) is 0 Å². The fourth-order valence-electron chi connectivity index (χ4n) is 1.96.